The molecule has 7 heteroatoms. The summed E-state index contributed by atoms with van der Waals surface area (Å²) in [6, 6.07) is 17.4. The Kier molecular flexibility index (Phi) is 7.77. The molecule has 0 unspecified atom stereocenters. The van der Waals surface area contributed by atoms with Gasteiger partial charge in [-0.1, -0.05) is 54.2 Å². The lowest BCUT2D eigenvalue weighted by molar-refractivity contribution is 0.0764. The van der Waals surface area contributed by atoms with Crippen LogP contribution in [0.5, 0.6) is 5.75 Å². The summed E-state index contributed by atoms with van der Waals surface area (Å²) in [5.41, 5.74) is 2.06. The van der Waals surface area contributed by atoms with Gasteiger partial charge in [0, 0.05) is 13.0 Å². The van der Waals surface area contributed by atoms with Crippen molar-refractivity contribution in [3.8, 4) is 5.75 Å². The van der Waals surface area contributed by atoms with Crippen LogP contribution in [0.1, 0.15) is 17.5 Å². The minimum atomic E-state index is -0.325. The maximum absolute atomic E-state index is 12.8. The van der Waals surface area contributed by atoms with E-state index in [1.54, 1.807) is 12.0 Å². The van der Waals surface area contributed by atoms with Gasteiger partial charge in [0.15, 0.2) is 0 Å². The highest BCUT2D eigenvalue weighted by Gasteiger charge is 2.39. The molecule has 1 heterocycles. The van der Waals surface area contributed by atoms with Crippen LogP contribution in [0.4, 0.5) is 4.79 Å². The molecule has 2 aromatic carbocycles. The van der Waals surface area contributed by atoms with E-state index in [1.807, 2.05) is 60.9 Å². The van der Waals surface area contributed by atoms with Crippen LogP contribution in [0.3, 0.4) is 0 Å². The van der Waals surface area contributed by atoms with Gasteiger partial charge in [-0.15, -0.1) is 0 Å². The first-order chi connectivity index (χ1) is 14.1. The summed E-state index contributed by atoms with van der Waals surface area (Å²) in [5, 5.41) is 0. The Morgan fingerprint density at radius 2 is 1.86 bits per heavy atom. The van der Waals surface area contributed by atoms with Gasteiger partial charge in [0.05, 0.1) is 13.2 Å². The maximum atomic E-state index is 12.8. The number of rotatable bonds is 6. The normalized spacial score (nSPS) is 18.3. The number of nitrogens with zero attached hydrogens (tertiary/aromatic N) is 1. The van der Waals surface area contributed by atoms with Gasteiger partial charge >= 0.3 is 6.09 Å². The number of ether oxygens (including phenoxy) is 3. The van der Waals surface area contributed by atoms with E-state index < -0.39 is 0 Å². The van der Waals surface area contributed by atoms with Gasteiger partial charge in [-0.25, -0.2) is 4.79 Å². The Morgan fingerprint density at radius 1 is 1.14 bits per heavy atom. The number of hydrogen-bond donors (Lipinski definition) is 0. The molecule has 0 spiro atoms. The number of carbonyl (C=O) groups is 1. The third-order valence-corrected chi connectivity index (χ3v) is 5.97. The molecule has 5 nitrogen and oxygen atoms in total. The van der Waals surface area contributed by atoms with Gasteiger partial charge in [-0.05, 0) is 48.2 Å². The van der Waals surface area contributed by atoms with Crippen molar-refractivity contribution in [3.05, 3.63) is 65.7 Å². The molecule has 0 saturated carbocycles. The van der Waals surface area contributed by atoms with Crippen LogP contribution in [-0.4, -0.2) is 47.4 Å². The molecular weight excluding hydrogens is 406 g/mol. The van der Waals surface area contributed by atoms with E-state index in [2.05, 4.69) is 0 Å². The Hall–Kier alpha value is -2.25. The number of carbonyl (C=O) groups excluding carboxylic acids is 1. The zero-order valence-corrected chi connectivity index (χ0v) is 18.2. The van der Waals surface area contributed by atoms with E-state index >= 15 is 0 Å². The number of benzene rings is 2. The lowest BCUT2D eigenvalue weighted by atomic mass is 10.0. The van der Waals surface area contributed by atoms with Crippen molar-refractivity contribution in [1.82, 2.24) is 4.90 Å². The van der Waals surface area contributed by atoms with E-state index in [4.69, 9.17) is 26.4 Å². The molecule has 1 fully saturated rings. The summed E-state index contributed by atoms with van der Waals surface area (Å²) < 4.78 is 17.2. The summed E-state index contributed by atoms with van der Waals surface area (Å²) in [5.74, 6) is 0.802. The summed E-state index contributed by atoms with van der Waals surface area (Å²) >= 11 is 6.65. The van der Waals surface area contributed by atoms with Crippen LogP contribution in [0.25, 0.3) is 0 Å². The van der Waals surface area contributed by atoms with E-state index in [9.17, 15) is 4.79 Å². The average Bonchev–Trinajstić information content (AvgIpc) is 3.15. The number of likely N-dealkylation sites (tertiary alicyclic amines) is 1. The van der Waals surface area contributed by atoms with E-state index in [1.165, 1.54) is 11.8 Å². The summed E-state index contributed by atoms with van der Waals surface area (Å²) in [4.78, 5) is 14.6. The molecule has 0 N–H and O–H groups in total. The SMILES string of the molecule is COc1ccc(C[C@@H]2[C@@H](OC(=S)SC)CCN2C(=O)OCc2ccccc2)cc1. The van der Waals surface area contributed by atoms with Crippen molar-refractivity contribution in [3.63, 3.8) is 0 Å². The molecule has 1 amide bonds. The first-order valence-corrected chi connectivity index (χ1v) is 11.1. The lowest BCUT2D eigenvalue weighted by Crippen LogP contribution is -2.42. The van der Waals surface area contributed by atoms with Crippen molar-refractivity contribution in [2.24, 2.45) is 0 Å². The molecule has 0 aromatic heterocycles. The summed E-state index contributed by atoms with van der Waals surface area (Å²) in [6.07, 6.45) is 2.80. The maximum Gasteiger partial charge on any atom is 0.410 e. The third-order valence-electron chi connectivity index (χ3n) is 4.94. The van der Waals surface area contributed by atoms with Gasteiger partial charge in [-0.2, -0.15) is 0 Å². The van der Waals surface area contributed by atoms with Gasteiger partial charge in [0.1, 0.15) is 18.5 Å². The first-order valence-electron chi connectivity index (χ1n) is 9.45. The monoisotopic (exact) mass is 431 g/mol. The fourth-order valence-electron chi connectivity index (χ4n) is 3.41. The predicted molar refractivity (Wildman–Crippen MR) is 119 cm³/mol. The van der Waals surface area contributed by atoms with Crippen molar-refractivity contribution in [2.45, 2.75) is 31.6 Å². The molecule has 0 aliphatic carbocycles. The van der Waals surface area contributed by atoms with Crippen LogP contribution in [-0.2, 0) is 22.5 Å². The number of hydrogen-bond acceptors (Lipinski definition) is 6. The van der Waals surface area contributed by atoms with Crippen LogP contribution in [0.15, 0.2) is 54.6 Å². The fraction of sp³-hybridized carbons (Fsp3) is 0.364. The van der Waals surface area contributed by atoms with E-state index in [-0.39, 0.29) is 24.8 Å². The zero-order chi connectivity index (χ0) is 20.6. The Morgan fingerprint density at radius 3 is 2.52 bits per heavy atom. The highest BCUT2D eigenvalue weighted by atomic mass is 32.2. The molecule has 2 atom stereocenters. The number of amides is 1. The fourth-order valence-corrected chi connectivity index (χ4v) is 3.75. The van der Waals surface area contributed by atoms with Crippen molar-refractivity contribution in [1.29, 1.82) is 0 Å². The molecule has 2 aromatic rings. The summed E-state index contributed by atoms with van der Waals surface area (Å²) in [6.45, 7) is 0.830. The molecule has 29 heavy (non-hydrogen) atoms. The number of thioether (sulfide) groups is 1. The Balaban J connectivity index is 1.70. The highest BCUT2D eigenvalue weighted by Crippen LogP contribution is 2.27. The molecule has 154 valence electrons. The Bertz CT molecular complexity index is 813. The highest BCUT2D eigenvalue weighted by molar-refractivity contribution is 8.22. The third kappa shape index (κ3) is 5.87. The molecular formula is C22H25NO4S2. The number of thiocarbonyl (C=S) groups is 1. The van der Waals surface area contributed by atoms with E-state index in [0.717, 1.165) is 23.3 Å². The molecule has 0 bridgehead atoms. The Labute approximate surface area is 181 Å². The second-order valence-corrected chi connectivity index (χ2v) is 8.16. The second kappa shape index (κ2) is 10.5. The number of methoxy groups -OCH3 is 1. The van der Waals surface area contributed by atoms with Crippen molar-refractivity contribution in [2.75, 3.05) is 19.9 Å². The predicted octanol–water partition coefficient (Wildman–Crippen LogP) is 4.68. The van der Waals surface area contributed by atoms with Crippen LogP contribution < -0.4 is 4.74 Å². The van der Waals surface area contributed by atoms with Gasteiger partial charge in [0.25, 0.3) is 0 Å². The van der Waals surface area contributed by atoms with Crippen LogP contribution in [0.2, 0.25) is 0 Å². The lowest BCUT2D eigenvalue weighted by Gasteiger charge is -2.28. The molecule has 3 rings (SSSR count). The average molecular weight is 432 g/mol. The molecule has 1 saturated heterocycles. The zero-order valence-electron chi connectivity index (χ0n) is 16.6. The molecule has 0 radical (unpaired) electrons. The first kappa shape index (κ1) is 21.5. The summed E-state index contributed by atoms with van der Waals surface area (Å²) in [7, 11) is 1.64. The van der Waals surface area contributed by atoms with Crippen molar-refractivity contribution < 1.29 is 19.0 Å². The largest absolute Gasteiger partial charge is 0.497 e. The molecule has 1 aliphatic rings. The smallest absolute Gasteiger partial charge is 0.410 e. The second-order valence-electron chi connectivity index (χ2n) is 6.75. The minimum Gasteiger partial charge on any atom is -0.497 e. The topological polar surface area (TPSA) is 48.0 Å². The quantitative estimate of drug-likeness (QED) is 0.619. The standard InChI is InChI=1S/C22H25NO4S2/c1-25-18-10-8-16(9-11-18)14-19-20(27-22(28)29-2)12-13-23(19)21(24)26-15-17-6-4-3-5-7-17/h3-11,19-20H,12-15H2,1-2H3/t19-,20+/m1/s1. The van der Waals surface area contributed by atoms with Crippen molar-refractivity contribution >= 4 is 34.5 Å². The molecule has 1 aliphatic heterocycles. The van der Waals surface area contributed by atoms with Gasteiger partial charge in [-0.3, -0.25) is 0 Å². The minimum absolute atomic E-state index is 0.142. The van der Waals surface area contributed by atoms with Gasteiger partial charge < -0.3 is 19.1 Å². The van der Waals surface area contributed by atoms with Gasteiger partial charge in [0.2, 0.25) is 4.38 Å². The van der Waals surface area contributed by atoms with E-state index in [0.29, 0.717) is 17.3 Å². The van der Waals surface area contributed by atoms with Crippen LogP contribution in [0, 0.1) is 0 Å². The van der Waals surface area contributed by atoms with Crippen LogP contribution >= 0.6 is 24.0 Å².